The molecule has 1 amide bonds. The zero-order valence-electron chi connectivity index (χ0n) is 16.4. The zero-order chi connectivity index (χ0) is 19.6. The monoisotopic (exact) mass is 365 g/mol. The topological polar surface area (TPSA) is 46.6 Å². The van der Waals surface area contributed by atoms with Crippen LogP contribution in [0.2, 0.25) is 0 Å². The number of hydrogen-bond donors (Lipinski definition) is 0. The minimum absolute atomic E-state index is 0.00335. The molecule has 1 fully saturated rings. The van der Waals surface area contributed by atoms with Gasteiger partial charge in [0, 0.05) is 13.0 Å². The summed E-state index contributed by atoms with van der Waals surface area (Å²) in [6, 6.07) is 17.4. The fourth-order valence-corrected chi connectivity index (χ4v) is 3.40. The highest BCUT2D eigenvalue weighted by Crippen LogP contribution is 2.30. The quantitative estimate of drug-likeness (QED) is 0.592. The van der Waals surface area contributed by atoms with Crippen LogP contribution in [0.3, 0.4) is 0 Å². The summed E-state index contributed by atoms with van der Waals surface area (Å²) in [6.45, 7) is 8.81. The minimum atomic E-state index is -0.425. The Hall–Kier alpha value is -2.62. The van der Waals surface area contributed by atoms with Crippen molar-refractivity contribution < 1.29 is 14.3 Å². The summed E-state index contributed by atoms with van der Waals surface area (Å²) in [5, 5.41) is 0. The van der Waals surface area contributed by atoms with E-state index in [2.05, 4.69) is 20.8 Å². The predicted molar refractivity (Wildman–Crippen MR) is 105 cm³/mol. The Kier molecular flexibility index (Phi) is 5.36. The molecule has 4 heteroatoms. The number of carbonyl (C=O) groups excluding carboxylic acids is 2. The molecular formula is C23H27NO3. The van der Waals surface area contributed by atoms with Crippen LogP contribution >= 0.6 is 0 Å². The highest BCUT2D eigenvalue weighted by Gasteiger charge is 2.38. The van der Waals surface area contributed by atoms with Crippen molar-refractivity contribution in [3.8, 4) is 5.75 Å². The molecule has 142 valence electrons. The van der Waals surface area contributed by atoms with Crippen LogP contribution in [-0.4, -0.2) is 23.3 Å². The SMILES string of the molecule is C[C@@H](c1ccccc1)N1C[C@H](C(=O)Oc2ccc(C(C)(C)C)cc2)CC1=O. The summed E-state index contributed by atoms with van der Waals surface area (Å²) in [5.74, 6) is -0.244. The molecule has 1 aliphatic rings. The molecule has 1 saturated heterocycles. The normalized spacial score (nSPS) is 18.4. The van der Waals surface area contributed by atoms with Crippen LogP contribution in [0.25, 0.3) is 0 Å². The van der Waals surface area contributed by atoms with Gasteiger partial charge in [-0.05, 0) is 35.6 Å². The van der Waals surface area contributed by atoms with Crippen molar-refractivity contribution in [2.75, 3.05) is 6.54 Å². The van der Waals surface area contributed by atoms with Crippen molar-refractivity contribution in [3.05, 3.63) is 65.7 Å². The maximum Gasteiger partial charge on any atom is 0.316 e. The molecule has 0 unspecified atom stereocenters. The largest absolute Gasteiger partial charge is 0.426 e. The standard InChI is InChI=1S/C23H27NO3/c1-16(17-8-6-5-7-9-17)24-15-18(14-21(24)25)22(26)27-20-12-10-19(11-13-20)23(2,3)4/h5-13,16,18H,14-15H2,1-4H3/t16-,18+/m0/s1. The van der Waals surface area contributed by atoms with Gasteiger partial charge in [0.1, 0.15) is 5.75 Å². The number of hydrogen-bond acceptors (Lipinski definition) is 3. The van der Waals surface area contributed by atoms with Gasteiger partial charge in [-0.25, -0.2) is 0 Å². The molecule has 0 N–H and O–H groups in total. The van der Waals surface area contributed by atoms with Crippen LogP contribution in [-0.2, 0) is 15.0 Å². The first-order valence-electron chi connectivity index (χ1n) is 9.42. The Morgan fingerprint density at radius 2 is 1.70 bits per heavy atom. The van der Waals surface area contributed by atoms with Gasteiger partial charge in [-0.15, -0.1) is 0 Å². The number of nitrogens with zero attached hydrogens (tertiary/aromatic N) is 1. The lowest BCUT2D eigenvalue weighted by Gasteiger charge is -2.25. The van der Waals surface area contributed by atoms with Gasteiger partial charge in [0.15, 0.2) is 0 Å². The molecule has 1 aliphatic heterocycles. The summed E-state index contributed by atoms with van der Waals surface area (Å²) in [5.41, 5.74) is 2.30. The average molecular weight is 365 g/mol. The summed E-state index contributed by atoms with van der Waals surface area (Å²) in [4.78, 5) is 26.7. The van der Waals surface area contributed by atoms with E-state index >= 15 is 0 Å². The smallest absolute Gasteiger partial charge is 0.316 e. The first-order valence-corrected chi connectivity index (χ1v) is 9.42. The lowest BCUT2D eigenvalue weighted by molar-refractivity contribution is -0.139. The molecule has 4 nitrogen and oxygen atoms in total. The summed E-state index contributed by atoms with van der Waals surface area (Å²) in [7, 11) is 0. The number of amides is 1. The van der Waals surface area contributed by atoms with Crippen LogP contribution in [0.15, 0.2) is 54.6 Å². The van der Waals surface area contributed by atoms with Gasteiger partial charge < -0.3 is 9.64 Å². The number of esters is 1. The van der Waals surface area contributed by atoms with Crippen molar-refractivity contribution in [2.24, 2.45) is 5.92 Å². The Balaban J connectivity index is 1.64. The van der Waals surface area contributed by atoms with Gasteiger partial charge in [0.05, 0.1) is 12.0 Å². The van der Waals surface area contributed by atoms with Crippen LogP contribution in [0.5, 0.6) is 5.75 Å². The van der Waals surface area contributed by atoms with E-state index in [1.165, 1.54) is 5.56 Å². The van der Waals surface area contributed by atoms with Gasteiger partial charge in [-0.3, -0.25) is 9.59 Å². The van der Waals surface area contributed by atoms with E-state index in [4.69, 9.17) is 4.74 Å². The maximum atomic E-state index is 12.5. The molecule has 2 aromatic carbocycles. The molecular weight excluding hydrogens is 338 g/mol. The number of benzene rings is 2. The van der Waals surface area contributed by atoms with Gasteiger partial charge in [-0.2, -0.15) is 0 Å². The van der Waals surface area contributed by atoms with Crippen LogP contribution in [0, 0.1) is 5.92 Å². The molecule has 0 aromatic heterocycles. The molecule has 0 aliphatic carbocycles. The second-order valence-electron chi connectivity index (χ2n) is 8.23. The average Bonchev–Trinajstić information content (AvgIpc) is 3.03. The van der Waals surface area contributed by atoms with Gasteiger partial charge in [-0.1, -0.05) is 63.2 Å². The molecule has 2 aromatic rings. The minimum Gasteiger partial charge on any atom is -0.426 e. The first kappa shape index (κ1) is 19.2. The molecule has 0 radical (unpaired) electrons. The predicted octanol–water partition coefficient (Wildman–Crippen LogP) is 4.50. The van der Waals surface area contributed by atoms with Gasteiger partial charge in [0.2, 0.25) is 5.91 Å². The van der Waals surface area contributed by atoms with E-state index in [0.717, 1.165) is 5.56 Å². The zero-order valence-corrected chi connectivity index (χ0v) is 16.4. The molecule has 3 rings (SSSR count). The Morgan fingerprint density at radius 1 is 1.07 bits per heavy atom. The summed E-state index contributed by atoms with van der Waals surface area (Å²) in [6.07, 6.45) is 0.204. The summed E-state index contributed by atoms with van der Waals surface area (Å²) >= 11 is 0. The molecule has 0 saturated carbocycles. The van der Waals surface area contributed by atoms with E-state index in [-0.39, 0.29) is 29.8 Å². The lowest BCUT2D eigenvalue weighted by Crippen LogP contribution is -2.30. The Morgan fingerprint density at radius 3 is 2.30 bits per heavy atom. The molecule has 0 spiro atoms. The van der Waals surface area contributed by atoms with E-state index < -0.39 is 5.92 Å². The van der Waals surface area contributed by atoms with Crippen molar-refractivity contribution >= 4 is 11.9 Å². The van der Waals surface area contributed by atoms with Crippen LogP contribution in [0.1, 0.15) is 51.3 Å². The molecule has 1 heterocycles. The fraction of sp³-hybridized carbons (Fsp3) is 0.391. The Labute approximate surface area is 161 Å². The molecule has 27 heavy (non-hydrogen) atoms. The van der Waals surface area contributed by atoms with Crippen molar-refractivity contribution in [2.45, 2.75) is 45.6 Å². The highest BCUT2D eigenvalue weighted by atomic mass is 16.5. The third kappa shape index (κ3) is 4.38. The third-order valence-electron chi connectivity index (χ3n) is 5.18. The van der Waals surface area contributed by atoms with Crippen molar-refractivity contribution in [1.82, 2.24) is 4.90 Å². The second kappa shape index (κ2) is 7.55. The van der Waals surface area contributed by atoms with Crippen LogP contribution in [0.4, 0.5) is 0 Å². The van der Waals surface area contributed by atoms with E-state index in [1.54, 1.807) is 4.90 Å². The number of likely N-dealkylation sites (tertiary alicyclic amines) is 1. The van der Waals surface area contributed by atoms with E-state index in [0.29, 0.717) is 12.3 Å². The van der Waals surface area contributed by atoms with Crippen LogP contribution < -0.4 is 4.74 Å². The third-order valence-corrected chi connectivity index (χ3v) is 5.18. The first-order chi connectivity index (χ1) is 12.8. The van der Waals surface area contributed by atoms with Gasteiger partial charge in [0.25, 0.3) is 0 Å². The number of rotatable bonds is 4. The lowest BCUT2D eigenvalue weighted by atomic mass is 9.87. The highest BCUT2D eigenvalue weighted by molar-refractivity contribution is 5.87. The number of carbonyl (C=O) groups is 2. The molecule has 2 atom stereocenters. The number of ether oxygens (including phenoxy) is 1. The molecule has 0 bridgehead atoms. The summed E-state index contributed by atoms with van der Waals surface area (Å²) < 4.78 is 5.53. The Bertz CT molecular complexity index is 806. The van der Waals surface area contributed by atoms with E-state index in [9.17, 15) is 9.59 Å². The fourth-order valence-electron chi connectivity index (χ4n) is 3.40. The van der Waals surface area contributed by atoms with Crippen molar-refractivity contribution in [3.63, 3.8) is 0 Å². The van der Waals surface area contributed by atoms with Gasteiger partial charge >= 0.3 is 5.97 Å². The maximum absolute atomic E-state index is 12.5. The van der Waals surface area contributed by atoms with E-state index in [1.807, 2.05) is 61.5 Å². The second-order valence-corrected chi connectivity index (χ2v) is 8.23. The van der Waals surface area contributed by atoms with Crippen molar-refractivity contribution in [1.29, 1.82) is 0 Å².